The maximum absolute atomic E-state index is 12.8. The Morgan fingerprint density at radius 3 is 2.73 bits per heavy atom. The van der Waals surface area contributed by atoms with Crippen LogP contribution in [0.2, 0.25) is 0 Å². The molecule has 0 aromatic carbocycles. The molecule has 3 rings (SSSR count). The summed E-state index contributed by atoms with van der Waals surface area (Å²) in [7, 11) is 0. The van der Waals surface area contributed by atoms with Gasteiger partial charge >= 0.3 is 5.69 Å². The van der Waals surface area contributed by atoms with Crippen LogP contribution in [-0.2, 0) is 13.1 Å². The van der Waals surface area contributed by atoms with Crippen LogP contribution in [0.1, 0.15) is 30.1 Å². The lowest BCUT2D eigenvalue weighted by molar-refractivity contribution is 0.0906. The molecule has 2 aromatic rings. The molecule has 9 nitrogen and oxygen atoms in total. The van der Waals surface area contributed by atoms with E-state index >= 15 is 0 Å². The summed E-state index contributed by atoms with van der Waals surface area (Å²) in [6.45, 7) is 0.870. The maximum atomic E-state index is 12.8. The average molecular weight is 366 g/mol. The molecule has 1 aliphatic rings. The van der Waals surface area contributed by atoms with Crippen molar-refractivity contribution in [1.29, 1.82) is 0 Å². The fourth-order valence-corrected chi connectivity index (χ4v) is 3.43. The minimum atomic E-state index is -0.682. The van der Waals surface area contributed by atoms with Crippen LogP contribution < -0.4 is 11.2 Å². The summed E-state index contributed by atoms with van der Waals surface area (Å²) in [5, 5.41) is 26.9. The molecule has 0 radical (unpaired) electrons. The Balaban J connectivity index is 1.94. The van der Waals surface area contributed by atoms with Crippen LogP contribution in [0.3, 0.4) is 0 Å². The van der Waals surface area contributed by atoms with E-state index in [1.807, 2.05) is 0 Å². The smallest absolute Gasteiger partial charge is 0.331 e. The largest absolute Gasteiger partial charge is 0.396 e. The molecule has 1 aliphatic carbocycles. The van der Waals surface area contributed by atoms with Gasteiger partial charge in [-0.05, 0) is 19.8 Å². The highest BCUT2D eigenvalue weighted by Crippen LogP contribution is 2.33. The topological polar surface area (TPSA) is 115 Å². The number of aliphatic hydroxyl groups excluding tert-OH is 2. The molecule has 1 fully saturated rings. The molecular weight excluding hydrogens is 344 g/mol. The zero-order valence-corrected chi connectivity index (χ0v) is 14.5. The average Bonchev–Trinajstić information content (AvgIpc) is 3.21. The molecule has 10 heteroatoms. The van der Waals surface area contributed by atoms with Gasteiger partial charge in [0.05, 0.1) is 25.4 Å². The van der Waals surface area contributed by atoms with E-state index in [1.165, 1.54) is 21.6 Å². The van der Waals surface area contributed by atoms with E-state index in [2.05, 4.69) is 10.3 Å². The van der Waals surface area contributed by atoms with Gasteiger partial charge in [-0.2, -0.15) is 0 Å². The Morgan fingerprint density at radius 2 is 2.08 bits per heavy atom. The van der Waals surface area contributed by atoms with E-state index in [-0.39, 0.29) is 31.7 Å². The highest BCUT2D eigenvalue weighted by molar-refractivity contribution is 5.07. The van der Waals surface area contributed by atoms with Gasteiger partial charge in [0.2, 0.25) is 0 Å². The Bertz CT molecular complexity index is 889. The third-order valence-corrected chi connectivity index (χ3v) is 4.85. The predicted octanol–water partition coefficient (Wildman–Crippen LogP) is -0.768. The van der Waals surface area contributed by atoms with Crippen molar-refractivity contribution in [1.82, 2.24) is 24.1 Å². The molecule has 142 valence electrons. The summed E-state index contributed by atoms with van der Waals surface area (Å²) < 4.78 is 16.2. The number of alkyl halides is 1. The minimum Gasteiger partial charge on any atom is -0.396 e. The number of rotatable bonds is 6. The summed E-state index contributed by atoms with van der Waals surface area (Å²) in [4.78, 5) is 25.3. The van der Waals surface area contributed by atoms with Crippen molar-refractivity contribution in [3.8, 4) is 0 Å². The van der Waals surface area contributed by atoms with Crippen molar-refractivity contribution in [2.45, 2.75) is 45.0 Å². The van der Waals surface area contributed by atoms with Crippen LogP contribution in [0.5, 0.6) is 0 Å². The van der Waals surface area contributed by atoms with Gasteiger partial charge in [0.25, 0.3) is 5.56 Å². The number of hydrogen-bond acceptors (Lipinski definition) is 6. The Labute approximate surface area is 148 Å². The number of nitrogens with zero attached hydrogens (tertiary/aromatic N) is 5. The van der Waals surface area contributed by atoms with Gasteiger partial charge in [-0.3, -0.25) is 13.9 Å². The van der Waals surface area contributed by atoms with E-state index in [0.717, 1.165) is 4.57 Å². The first kappa shape index (κ1) is 18.5. The molecule has 0 aliphatic heterocycles. The molecule has 2 N–H and O–H groups in total. The summed E-state index contributed by atoms with van der Waals surface area (Å²) in [5.41, 5.74) is -0.155. The fraction of sp³-hybridized carbons (Fsp3) is 0.625. The molecule has 0 spiro atoms. The van der Waals surface area contributed by atoms with Crippen molar-refractivity contribution >= 4 is 0 Å². The van der Waals surface area contributed by atoms with Crippen molar-refractivity contribution in [2.75, 3.05) is 13.3 Å². The van der Waals surface area contributed by atoms with Gasteiger partial charge in [0.1, 0.15) is 12.4 Å². The third-order valence-electron chi connectivity index (χ3n) is 4.85. The highest BCUT2D eigenvalue weighted by Gasteiger charge is 2.34. The first-order chi connectivity index (χ1) is 12.4. The number of aliphatic hydroxyl groups is 2. The fourth-order valence-electron chi connectivity index (χ4n) is 3.43. The van der Waals surface area contributed by atoms with Gasteiger partial charge in [-0.15, -0.1) is 5.10 Å². The van der Waals surface area contributed by atoms with Crippen molar-refractivity contribution in [3.05, 3.63) is 44.5 Å². The summed E-state index contributed by atoms with van der Waals surface area (Å²) in [6, 6.07) is -0.289. The lowest BCUT2D eigenvalue weighted by atomic mass is 10.1. The molecule has 3 atom stereocenters. The first-order valence-corrected chi connectivity index (χ1v) is 8.51. The van der Waals surface area contributed by atoms with Crippen LogP contribution >= 0.6 is 0 Å². The highest BCUT2D eigenvalue weighted by atomic mass is 18.2. The van der Waals surface area contributed by atoms with E-state index in [9.17, 15) is 24.2 Å². The molecule has 2 heterocycles. The Hall–Kier alpha value is -2.33. The lowest BCUT2D eigenvalue weighted by Crippen LogP contribution is -2.42. The second-order valence-corrected chi connectivity index (χ2v) is 6.69. The molecule has 0 bridgehead atoms. The minimum absolute atomic E-state index is 0.0580. The van der Waals surface area contributed by atoms with Crippen molar-refractivity contribution in [2.24, 2.45) is 5.92 Å². The quantitative estimate of drug-likeness (QED) is 0.694. The van der Waals surface area contributed by atoms with Crippen molar-refractivity contribution in [3.63, 3.8) is 0 Å². The van der Waals surface area contributed by atoms with Gasteiger partial charge in [-0.1, -0.05) is 5.21 Å². The molecule has 0 amide bonds. The summed E-state index contributed by atoms with van der Waals surface area (Å²) >= 11 is 0. The van der Waals surface area contributed by atoms with E-state index < -0.39 is 24.0 Å². The molecule has 1 saturated carbocycles. The lowest BCUT2D eigenvalue weighted by Gasteiger charge is -2.16. The van der Waals surface area contributed by atoms with Gasteiger partial charge in [0, 0.05) is 30.3 Å². The van der Waals surface area contributed by atoms with Gasteiger partial charge in [0.15, 0.2) is 0 Å². The standard InChI is InChI=1S/C16H22FN5O4/c1-10-6-21(13-4-11(9-23)14(24)5-13)16(26)22(15(10)25)8-12-7-20(3-2-17)19-18-12/h6-7,11,13-14,23-24H,2-5,8-9H2,1H3/t11-,13?,14?/m1/s1/i17-1. The monoisotopic (exact) mass is 366 g/mol. The summed E-state index contributed by atoms with van der Waals surface area (Å²) in [5.74, 6) is -0.284. The van der Waals surface area contributed by atoms with Crippen LogP contribution in [0.15, 0.2) is 22.0 Å². The number of halogens is 1. The normalized spacial score (nSPS) is 22.8. The zero-order chi connectivity index (χ0) is 18.8. The second-order valence-electron chi connectivity index (χ2n) is 6.69. The Morgan fingerprint density at radius 1 is 1.31 bits per heavy atom. The molecule has 2 aromatic heterocycles. The van der Waals surface area contributed by atoms with Crippen molar-refractivity contribution < 1.29 is 14.6 Å². The first-order valence-electron chi connectivity index (χ1n) is 8.51. The van der Waals surface area contributed by atoms with Gasteiger partial charge < -0.3 is 10.2 Å². The Kier molecular flexibility index (Phi) is 5.33. The molecular formula is C16H22FN5O4. The molecule has 26 heavy (non-hydrogen) atoms. The maximum Gasteiger partial charge on any atom is 0.331 e. The number of aromatic nitrogens is 5. The van der Waals surface area contributed by atoms with Gasteiger partial charge in [-0.25, -0.2) is 13.9 Å². The number of hydrogen-bond donors (Lipinski definition) is 2. The zero-order valence-electron chi connectivity index (χ0n) is 14.5. The molecule has 2 unspecified atom stereocenters. The number of aryl methyl sites for hydroxylation is 2. The SMILES string of the molecule is Cc1cn(C2CC(O)[C@@H](CO)C2)c(=O)n(Cc2cn(CC[18F])nn2)c1=O. The second kappa shape index (κ2) is 7.50. The molecule has 0 saturated heterocycles. The summed E-state index contributed by atoms with van der Waals surface area (Å²) in [6.07, 6.45) is 3.12. The van der Waals surface area contributed by atoms with Crippen LogP contribution in [-0.4, -0.2) is 53.7 Å². The van der Waals surface area contributed by atoms with E-state index in [4.69, 9.17) is 0 Å². The predicted molar refractivity (Wildman–Crippen MR) is 89.7 cm³/mol. The van der Waals surface area contributed by atoms with Crippen LogP contribution in [0, 0.1) is 12.8 Å². The van der Waals surface area contributed by atoms with Crippen LogP contribution in [0.25, 0.3) is 0 Å². The third kappa shape index (κ3) is 3.47. The van der Waals surface area contributed by atoms with E-state index in [1.54, 1.807) is 6.92 Å². The van der Waals surface area contributed by atoms with E-state index in [0.29, 0.717) is 24.1 Å². The van der Waals surface area contributed by atoms with Crippen LogP contribution in [0.4, 0.5) is 4.39 Å².